The van der Waals surface area contributed by atoms with Crippen molar-refractivity contribution in [2.24, 2.45) is 5.92 Å². The fraction of sp³-hybridized carbons (Fsp3) is 0.583. The van der Waals surface area contributed by atoms with Crippen molar-refractivity contribution in [3.63, 3.8) is 0 Å². The number of benzene rings is 1. The number of rotatable bonds is 5. The second-order valence-electron chi connectivity index (χ2n) is 9.42. The first-order valence-electron chi connectivity index (χ1n) is 11.1. The van der Waals surface area contributed by atoms with Gasteiger partial charge in [0.2, 0.25) is 11.8 Å². The standard InChI is InChI=1S/C15H21N3O2.C9H17NO3/c1-10(2)8-14(19)18-9-12(16-3)15(20)17-11-6-4-5-7-13(11)18;1-7(6-11)10(5)8(12)13-9(2,3)4/h4-7,10,12,16H,8-9H2,1-3H3,(H,17,20);6-7H,1-5H3/t;7-/m.0/s1. The van der Waals surface area contributed by atoms with Gasteiger partial charge in [0.25, 0.3) is 0 Å². The molecule has 9 heteroatoms. The average Bonchev–Trinajstić information content (AvgIpc) is 2.87. The number of amides is 3. The first-order valence-corrected chi connectivity index (χ1v) is 11.1. The predicted octanol–water partition coefficient (Wildman–Crippen LogP) is 3.05. The Labute approximate surface area is 196 Å². The molecular formula is C24H38N4O5. The number of ether oxygens (including phenoxy) is 1. The van der Waals surface area contributed by atoms with Crippen LogP contribution in [0.3, 0.4) is 0 Å². The molecule has 184 valence electrons. The number of likely N-dealkylation sites (N-methyl/N-ethyl adjacent to an activating group) is 2. The molecule has 9 nitrogen and oxygen atoms in total. The number of hydrogen-bond acceptors (Lipinski definition) is 6. The Hall–Kier alpha value is -2.94. The molecule has 1 aromatic rings. The van der Waals surface area contributed by atoms with Gasteiger partial charge in [-0.05, 0) is 52.8 Å². The van der Waals surface area contributed by atoms with Crippen molar-refractivity contribution in [3.8, 4) is 0 Å². The predicted molar refractivity (Wildman–Crippen MR) is 129 cm³/mol. The van der Waals surface area contributed by atoms with E-state index in [-0.39, 0.29) is 17.7 Å². The molecule has 2 rings (SSSR count). The Morgan fingerprint density at radius 1 is 1.27 bits per heavy atom. The topological polar surface area (TPSA) is 108 Å². The lowest BCUT2D eigenvalue weighted by Crippen LogP contribution is -2.47. The summed E-state index contributed by atoms with van der Waals surface area (Å²) in [7, 11) is 3.26. The fourth-order valence-corrected chi connectivity index (χ4v) is 2.91. The van der Waals surface area contributed by atoms with E-state index in [0.29, 0.717) is 24.9 Å². The van der Waals surface area contributed by atoms with Gasteiger partial charge in [0.1, 0.15) is 17.9 Å². The van der Waals surface area contributed by atoms with Crippen LogP contribution in [-0.2, 0) is 19.1 Å². The summed E-state index contributed by atoms with van der Waals surface area (Å²) in [4.78, 5) is 49.2. The SMILES string of the molecule is CNC1CN(C(=O)CC(C)C)c2ccccc2NC1=O.C[C@@H](C=O)N(C)C(=O)OC(C)(C)C. The van der Waals surface area contributed by atoms with E-state index < -0.39 is 23.8 Å². The van der Waals surface area contributed by atoms with Crippen molar-refractivity contribution in [2.75, 3.05) is 30.9 Å². The number of aldehydes is 1. The normalized spacial score (nSPS) is 16.5. The maximum atomic E-state index is 12.5. The molecule has 0 fully saturated rings. The van der Waals surface area contributed by atoms with Crippen LogP contribution in [0.2, 0.25) is 0 Å². The highest BCUT2D eigenvalue weighted by molar-refractivity contribution is 6.05. The summed E-state index contributed by atoms with van der Waals surface area (Å²) in [6.45, 7) is 11.4. The molecule has 0 saturated carbocycles. The Morgan fingerprint density at radius 2 is 1.88 bits per heavy atom. The van der Waals surface area contributed by atoms with Crippen LogP contribution in [-0.4, -0.2) is 67.4 Å². The van der Waals surface area contributed by atoms with E-state index >= 15 is 0 Å². The second kappa shape index (κ2) is 12.3. The second-order valence-corrected chi connectivity index (χ2v) is 9.42. The number of fused-ring (bicyclic) bond motifs is 1. The monoisotopic (exact) mass is 462 g/mol. The summed E-state index contributed by atoms with van der Waals surface area (Å²) in [5, 5.41) is 5.83. The molecule has 1 aliphatic rings. The Kier molecular flexibility index (Phi) is 10.5. The summed E-state index contributed by atoms with van der Waals surface area (Å²) in [6, 6.07) is 6.56. The minimum atomic E-state index is -0.520. The van der Waals surface area contributed by atoms with Crippen LogP contribution >= 0.6 is 0 Å². The largest absolute Gasteiger partial charge is 0.444 e. The zero-order valence-electron chi connectivity index (χ0n) is 21.0. The van der Waals surface area contributed by atoms with Gasteiger partial charge in [0, 0.05) is 13.5 Å². The van der Waals surface area contributed by atoms with E-state index in [9.17, 15) is 19.2 Å². The van der Waals surface area contributed by atoms with Gasteiger partial charge < -0.3 is 30.0 Å². The van der Waals surface area contributed by atoms with Gasteiger partial charge in [-0.15, -0.1) is 0 Å². The molecule has 3 amide bonds. The number of carbonyl (C=O) groups is 4. The number of hydrogen-bond donors (Lipinski definition) is 2. The molecule has 1 unspecified atom stereocenters. The third kappa shape index (κ3) is 8.84. The molecule has 0 aliphatic carbocycles. The minimum absolute atomic E-state index is 0.0456. The van der Waals surface area contributed by atoms with Crippen molar-refractivity contribution in [1.82, 2.24) is 10.2 Å². The molecule has 2 atom stereocenters. The highest BCUT2D eigenvalue weighted by atomic mass is 16.6. The lowest BCUT2D eigenvalue weighted by atomic mass is 10.1. The molecular weight excluding hydrogens is 424 g/mol. The molecule has 1 heterocycles. The van der Waals surface area contributed by atoms with Gasteiger partial charge in [-0.2, -0.15) is 0 Å². The van der Waals surface area contributed by atoms with Crippen LogP contribution in [0.15, 0.2) is 24.3 Å². The van der Waals surface area contributed by atoms with Crippen molar-refractivity contribution < 1.29 is 23.9 Å². The summed E-state index contributed by atoms with van der Waals surface area (Å²) < 4.78 is 5.05. The van der Waals surface area contributed by atoms with Gasteiger partial charge in [0.05, 0.1) is 24.0 Å². The van der Waals surface area contributed by atoms with Crippen LogP contribution in [0.5, 0.6) is 0 Å². The van der Waals surface area contributed by atoms with Gasteiger partial charge in [-0.3, -0.25) is 9.59 Å². The van der Waals surface area contributed by atoms with E-state index in [1.807, 2.05) is 38.1 Å². The molecule has 33 heavy (non-hydrogen) atoms. The Morgan fingerprint density at radius 3 is 2.39 bits per heavy atom. The Bertz CT molecular complexity index is 834. The lowest BCUT2D eigenvalue weighted by Gasteiger charge is -2.26. The van der Waals surface area contributed by atoms with Crippen LogP contribution in [0, 0.1) is 5.92 Å². The van der Waals surface area contributed by atoms with E-state index in [1.54, 1.807) is 39.6 Å². The van der Waals surface area contributed by atoms with Gasteiger partial charge in [-0.25, -0.2) is 4.79 Å². The molecule has 0 bridgehead atoms. The highest BCUT2D eigenvalue weighted by Gasteiger charge is 2.30. The highest BCUT2D eigenvalue weighted by Crippen LogP contribution is 2.29. The van der Waals surface area contributed by atoms with Crippen molar-refractivity contribution >= 4 is 35.6 Å². The summed E-state index contributed by atoms with van der Waals surface area (Å²) in [6.07, 6.45) is 0.690. The first kappa shape index (κ1) is 28.1. The van der Waals surface area contributed by atoms with Crippen LogP contribution in [0.1, 0.15) is 48.0 Å². The van der Waals surface area contributed by atoms with Crippen molar-refractivity contribution in [3.05, 3.63) is 24.3 Å². The van der Waals surface area contributed by atoms with E-state index in [0.717, 1.165) is 5.69 Å². The molecule has 0 spiro atoms. The molecule has 1 aromatic carbocycles. The molecule has 0 aromatic heterocycles. The van der Waals surface area contributed by atoms with Crippen LogP contribution in [0.4, 0.5) is 16.2 Å². The van der Waals surface area contributed by atoms with Crippen molar-refractivity contribution in [2.45, 2.75) is 65.6 Å². The quantitative estimate of drug-likeness (QED) is 0.651. The zero-order chi connectivity index (χ0) is 25.3. The van der Waals surface area contributed by atoms with Crippen LogP contribution < -0.4 is 15.5 Å². The third-order valence-electron chi connectivity index (χ3n) is 4.86. The zero-order valence-corrected chi connectivity index (χ0v) is 21.0. The summed E-state index contributed by atoms with van der Waals surface area (Å²) in [5.41, 5.74) is 0.935. The number of anilines is 2. The van der Waals surface area contributed by atoms with Crippen molar-refractivity contribution in [1.29, 1.82) is 0 Å². The molecule has 0 saturated heterocycles. The first-order chi connectivity index (χ1) is 15.3. The van der Waals surface area contributed by atoms with E-state index in [4.69, 9.17) is 4.74 Å². The maximum absolute atomic E-state index is 12.5. The number of nitrogens with one attached hydrogen (secondary N) is 2. The summed E-state index contributed by atoms with van der Waals surface area (Å²) >= 11 is 0. The molecule has 1 aliphatic heterocycles. The molecule has 0 radical (unpaired) electrons. The lowest BCUT2D eigenvalue weighted by molar-refractivity contribution is -0.119. The van der Waals surface area contributed by atoms with E-state index in [2.05, 4.69) is 10.6 Å². The minimum Gasteiger partial charge on any atom is -0.444 e. The molecule has 2 N–H and O–H groups in total. The van der Waals surface area contributed by atoms with Gasteiger partial charge in [-0.1, -0.05) is 26.0 Å². The van der Waals surface area contributed by atoms with Crippen LogP contribution in [0.25, 0.3) is 0 Å². The maximum Gasteiger partial charge on any atom is 0.410 e. The smallest absolute Gasteiger partial charge is 0.410 e. The van der Waals surface area contributed by atoms with Gasteiger partial charge in [0.15, 0.2) is 0 Å². The summed E-state index contributed by atoms with van der Waals surface area (Å²) in [5.74, 6) is 0.221. The fourth-order valence-electron chi connectivity index (χ4n) is 2.91. The number of carbonyl (C=O) groups excluding carboxylic acids is 4. The van der Waals surface area contributed by atoms with Gasteiger partial charge >= 0.3 is 6.09 Å². The average molecular weight is 463 g/mol. The number of nitrogens with zero attached hydrogens (tertiary/aromatic N) is 2. The number of para-hydroxylation sites is 2. The van der Waals surface area contributed by atoms with E-state index in [1.165, 1.54) is 11.9 Å². The third-order valence-corrected chi connectivity index (χ3v) is 4.86. The Balaban J connectivity index is 0.000000366.